The third-order valence-electron chi connectivity index (χ3n) is 5.84. The molecule has 6 nitrogen and oxygen atoms in total. The first-order valence-corrected chi connectivity index (χ1v) is 13.5. The van der Waals surface area contributed by atoms with Gasteiger partial charge in [0.25, 0.3) is 0 Å². The standard InChI is InChI=1S/C39H23FO6/c1-4-37(41)44-33-21-15-29(16-22-33)12-9-27-7-10-28(11-8-27)14-20-32-25-35(40)31(26-36(32)46-39(43)6-3)19-13-30-17-23-34(24-18-30)45-38(42)5-2/h4-8,10-11,15-18,21-26H,1-3H2. The number of hydrogen-bond acceptors (Lipinski definition) is 6. The Morgan fingerprint density at radius 2 is 0.848 bits per heavy atom. The SMILES string of the molecule is C=CC(=O)Oc1ccc(C#Cc2ccc(C#Cc3cc(F)c(C#Cc4ccc(OC(=O)C=C)cc4)cc3OC(=O)C=C)cc2)cc1. The molecule has 4 rings (SSSR count). The fourth-order valence-corrected chi connectivity index (χ4v) is 3.57. The first-order valence-electron chi connectivity index (χ1n) is 13.5. The average Bonchev–Trinajstić information content (AvgIpc) is 3.08. The smallest absolute Gasteiger partial charge is 0.335 e. The third-order valence-corrected chi connectivity index (χ3v) is 5.84. The summed E-state index contributed by atoms with van der Waals surface area (Å²) >= 11 is 0. The molecule has 0 radical (unpaired) electrons. The van der Waals surface area contributed by atoms with Crippen LogP contribution in [-0.4, -0.2) is 17.9 Å². The molecule has 0 amide bonds. The molecule has 0 aliphatic carbocycles. The second-order valence-electron chi connectivity index (χ2n) is 9.08. The molecule has 0 saturated carbocycles. The number of hydrogen-bond donors (Lipinski definition) is 0. The van der Waals surface area contributed by atoms with Crippen LogP contribution in [0.25, 0.3) is 0 Å². The fourth-order valence-electron chi connectivity index (χ4n) is 3.57. The van der Waals surface area contributed by atoms with Crippen LogP contribution in [0.5, 0.6) is 17.2 Å². The van der Waals surface area contributed by atoms with Crippen molar-refractivity contribution in [2.24, 2.45) is 0 Å². The monoisotopic (exact) mass is 606 g/mol. The van der Waals surface area contributed by atoms with Crippen molar-refractivity contribution in [1.82, 2.24) is 0 Å². The van der Waals surface area contributed by atoms with Crippen molar-refractivity contribution in [2.45, 2.75) is 0 Å². The van der Waals surface area contributed by atoms with Crippen LogP contribution < -0.4 is 14.2 Å². The minimum Gasteiger partial charge on any atom is -0.423 e. The predicted octanol–water partition coefficient (Wildman–Crippen LogP) is 6.30. The molecule has 0 N–H and O–H groups in total. The van der Waals surface area contributed by atoms with Gasteiger partial charge in [0.1, 0.15) is 23.1 Å². The number of carbonyl (C=O) groups excluding carboxylic acids is 3. The zero-order valence-corrected chi connectivity index (χ0v) is 24.3. The van der Waals surface area contributed by atoms with E-state index in [1.165, 1.54) is 6.07 Å². The first kappa shape index (κ1) is 32.0. The van der Waals surface area contributed by atoms with Crippen LogP contribution in [0.2, 0.25) is 0 Å². The zero-order chi connectivity index (χ0) is 32.9. The normalized spacial score (nSPS) is 9.41. The van der Waals surface area contributed by atoms with Crippen molar-refractivity contribution < 1.29 is 33.0 Å². The highest BCUT2D eigenvalue weighted by Crippen LogP contribution is 2.23. The van der Waals surface area contributed by atoms with Crippen LogP contribution >= 0.6 is 0 Å². The summed E-state index contributed by atoms with van der Waals surface area (Å²) in [4.78, 5) is 34.6. The van der Waals surface area contributed by atoms with Crippen molar-refractivity contribution in [3.8, 4) is 52.8 Å². The maximum absolute atomic E-state index is 15.1. The maximum atomic E-state index is 15.1. The minimum atomic E-state index is -0.742. The van der Waals surface area contributed by atoms with Gasteiger partial charge in [0.05, 0.1) is 11.1 Å². The van der Waals surface area contributed by atoms with Crippen molar-refractivity contribution >= 4 is 17.9 Å². The quantitative estimate of drug-likeness (QED) is 0.111. The second kappa shape index (κ2) is 15.5. The number of carbonyl (C=O) groups is 3. The predicted molar refractivity (Wildman–Crippen MR) is 171 cm³/mol. The van der Waals surface area contributed by atoms with E-state index in [-0.39, 0.29) is 16.9 Å². The van der Waals surface area contributed by atoms with Gasteiger partial charge in [0.15, 0.2) is 0 Å². The molecule has 4 aromatic carbocycles. The molecule has 0 saturated heterocycles. The number of esters is 3. The van der Waals surface area contributed by atoms with E-state index in [1.807, 2.05) is 0 Å². The van der Waals surface area contributed by atoms with Crippen molar-refractivity contribution in [2.75, 3.05) is 0 Å². The average molecular weight is 607 g/mol. The molecule has 7 heteroatoms. The van der Waals surface area contributed by atoms with Crippen LogP contribution in [0, 0.1) is 41.3 Å². The van der Waals surface area contributed by atoms with E-state index in [2.05, 4.69) is 55.3 Å². The molecule has 4 aromatic rings. The molecule has 0 fully saturated rings. The summed E-state index contributed by atoms with van der Waals surface area (Å²) < 4.78 is 30.5. The van der Waals surface area contributed by atoms with Gasteiger partial charge >= 0.3 is 17.9 Å². The molecule has 0 bridgehead atoms. The molecule has 0 aromatic heterocycles. The number of rotatable bonds is 6. The molecule has 0 unspecified atom stereocenters. The Hall–Kier alpha value is -6.88. The molecule has 0 spiro atoms. The fraction of sp³-hybridized carbons (Fsp3) is 0. The molecular formula is C39H23FO6. The van der Waals surface area contributed by atoms with Crippen molar-refractivity contribution in [1.29, 1.82) is 0 Å². The van der Waals surface area contributed by atoms with E-state index in [9.17, 15) is 14.4 Å². The zero-order valence-electron chi connectivity index (χ0n) is 24.3. The summed E-state index contributed by atoms with van der Waals surface area (Å²) in [5, 5.41) is 0. The lowest BCUT2D eigenvalue weighted by Gasteiger charge is -2.06. The highest BCUT2D eigenvalue weighted by Gasteiger charge is 2.11. The van der Waals surface area contributed by atoms with Crippen LogP contribution in [0.1, 0.15) is 33.4 Å². The lowest BCUT2D eigenvalue weighted by atomic mass is 10.1. The van der Waals surface area contributed by atoms with E-state index >= 15 is 4.39 Å². The van der Waals surface area contributed by atoms with E-state index in [0.29, 0.717) is 22.6 Å². The molecule has 0 atom stereocenters. The Morgan fingerprint density at radius 3 is 1.26 bits per heavy atom. The van der Waals surface area contributed by atoms with Crippen LogP contribution in [0.3, 0.4) is 0 Å². The molecular weight excluding hydrogens is 583 g/mol. The van der Waals surface area contributed by atoms with Gasteiger partial charge in [-0.25, -0.2) is 18.8 Å². The van der Waals surface area contributed by atoms with Crippen LogP contribution in [-0.2, 0) is 14.4 Å². The van der Waals surface area contributed by atoms with Gasteiger partial charge in [0.2, 0.25) is 0 Å². The molecule has 0 heterocycles. The summed E-state index contributed by atoms with van der Waals surface area (Å²) in [6.45, 7) is 10.1. The Kier molecular flexibility index (Phi) is 10.8. The van der Waals surface area contributed by atoms with Crippen molar-refractivity contribution in [3.63, 3.8) is 0 Å². The Balaban J connectivity index is 1.52. The van der Waals surface area contributed by atoms with E-state index in [0.717, 1.165) is 35.4 Å². The number of benzene rings is 4. The molecule has 0 aliphatic rings. The summed E-state index contributed by atoms with van der Waals surface area (Å²) in [5.41, 5.74) is 2.72. The summed E-state index contributed by atoms with van der Waals surface area (Å²) in [5.74, 6) is 15.6. The largest absolute Gasteiger partial charge is 0.423 e. The van der Waals surface area contributed by atoms with E-state index in [1.54, 1.807) is 72.8 Å². The highest BCUT2D eigenvalue weighted by molar-refractivity contribution is 5.84. The topological polar surface area (TPSA) is 78.9 Å². The van der Waals surface area contributed by atoms with Crippen LogP contribution in [0.15, 0.2) is 123 Å². The van der Waals surface area contributed by atoms with E-state index in [4.69, 9.17) is 14.2 Å². The number of ether oxygens (including phenoxy) is 3. The molecule has 46 heavy (non-hydrogen) atoms. The first-order chi connectivity index (χ1) is 22.3. The summed E-state index contributed by atoms with van der Waals surface area (Å²) in [7, 11) is 0. The van der Waals surface area contributed by atoms with Gasteiger partial charge in [-0.1, -0.05) is 55.3 Å². The van der Waals surface area contributed by atoms with Gasteiger partial charge in [-0.3, -0.25) is 0 Å². The summed E-state index contributed by atoms with van der Waals surface area (Å²) in [6.07, 6.45) is 3.12. The van der Waals surface area contributed by atoms with Crippen molar-refractivity contribution in [3.05, 3.63) is 162 Å². The summed E-state index contributed by atoms with van der Waals surface area (Å²) in [6, 6.07) is 22.5. The number of halogens is 1. The van der Waals surface area contributed by atoms with Gasteiger partial charge in [-0.05, 0) is 78.9 Å². The lowest BCUT2D eigenvalue weighted by molar-refractivity contribution is -0.129. The molecule has 222 valence electrons. The lowest BCUT2D eigenvalue weighted by Crippen LogP contribution is -2.05. The molecule has 0 aliphatic heterocycles. The Morgan fingerprint density at radius 1 is 0.500 bits per heavy atom. The highest BCUT2D eigenvalue weighted by atomic mass is 19.1. The Bertz CT molecular complexity index is 2020. The van der Waals surface area contributed by atoms with Gasteiger partial charge < -0.3 is 14.2 Å². The van der Waals surface area contributed by atoms with E-state index < -0.39 is 23.7 Å². The van der Waals surface area contributed by atoms with Crippen LogP contribution in [0.4, 0.5) is 4.39 Å². The minimum absolute atomic E-state index is 0.0162. The second-order valence-corrected chi connectivity index (χ2v) is 9.08. The van der Waals surface area contributed by atoms with Gasteiger partial charge in [0, 0.05) is 46.5 Å². The maximum Gasteiger partial charge on any atom is 0.335 e. The van der Waals surface area contributed by atoms with Gasteiger partial charge in [-0.15, -0.1) is 0 Å². The van der Waals surface area contributed by atoms with Gasteiger partial charge in [-0.2, -0.15) is 0 Å². The Labute approximate surface area is 265 Å². The third kappa shape index (κ3) is 9.31.